The summed E-state index contributed by atoms with van der Waals surface area (Å²) >= 11 is 0. The molecule has 0 saturated heterocycles. The Morgan fingerprint density at radius 3 is 1.48 bits per heavy atom. The van der Waals surface area contributed by atoms with Crippen molar-refractivity contribution in [2.75, 3.05) is 13.2 Å². The first-order valence-electron chi connectivity index (χ1n) is 8.40. The van der Waals surface area contributed by atoms with Crippen LogP contribution in [0.15, 0.2) is 18.2 Å². The van der Waals surface area contributed by atoms with Crippen molar-refractivity contribution in [1.29, 1.82) is 0 Å². The smallest absolute Gasteiger partial charge is 0.460 e. The van der Waals surface area contributed by atoms with Crippen LogP contribution in [0.4, 0.5) is 39.5 Å². The van der Waals surface area contributed by atoms with E-state index in [1.807, 2.05) is 0 Å². The van der Waals surface area contributed by atoms with Gasteiger partial charge in [-0.25, -0.2) is 9.59 Å². The Balaban J connectivity index is 3.57. The summed E-state index contributed by atoms with van der Waals surface area (Å²) in [5, 5.41) is -7.14. The molecule has 7 nitrogen and oxygen atoms in total. The van der Waals surface area contributed by atoms with E-state index in [0.29, 0.717) is 6.07 Å². The van der Waals surface area contributed by atoms with Crippen molar-refractivity contribution in [2.45, 2.75) is 37.1 Å². The highest BCUT2D eigenvalue weighted by atomic mass is 32.2. The van der Waals surface area contributed by atoms with E-state index >= 15 is 0 Å². The number of carbonyl (C=O) groups excluding carboxylic acids is 2. The zero-order valence-corrected chi connectivity index (χ0v) is 17.1. The van der Waals surface area contributed by atoms with Gasteiger partial charge in [0.1, 0.15) is 5.75 Å². The lowest BCUT2D eigenvalue weighted by Gasteiger charge is -2.32. The van der Waals surface area contributed by atoms with Crippen molar-refractivity contribution in [2.24, 2.45) is 0 Å². The van der Waals surface area contributed by atoms with Crippen molar-refractivity contribution in [3.05, 3.63) is 29.3 Å². The van der Waals surface area contributed by atoms with Crippen molar-refractivity contribution in [1.82, 2.24) is 0 Å². The van der Waals surface area contributed by atoms with Gasteiger partial charge in [0, 0.05) is 0 Å². The van der Waals surface area contributed by atoms with Crippen LogP contribution in [0, 0.1) is 0 Å². The molecule has 0 unspecified atom stereocenters. The topological polar surface area (TPSA) is 96.0 Å². The summed E-state index contributed by atoms with van der Waals surface area (Å²) in [4.78, 5) is 23.6. The average molecular weight is 520 g/mol. The number of ether oxygens (including phenoxy) is 2. The molecule has 0 aliphatic carbocycles. The molecule has 0 N–H and O–H groups in total. The Morgan fingerprint density at radius 1 is 0.758 bits per heavy atom. The minimum atomic E-state index is -7.53. The van der Waals surface area contributed by atoms with Crippen molar-refractivity contribution in [3.8, 4) is 5.75 Å². The van der Waals surface area contributed by atoms with Crippen LogP contribution in [0.2, 0.25) is 0 Å². The monoisotopic (exact) mass is 520 g/mol. The van der Waals surface area contributed by atoms with E-state index in [2.05, 4.69) is 13.7 Å². The van der Waals surface area contributed by atoms with Crippen LogP contribution in [0.5, 0.6) is 5.75 Å². The summed E-state index contributed by atoms with van der Waals surface area (Å²) in [6.45, 7) is 2.04. The first-order valence-corrected chi connectivity index (χ1v) is 9.81. The second-order valence-electron chi connectivity index (χ2n) is 5.89. The van der Waals surface area contributed by atoms with Gasteiger partial charge in [-0.1, -0.05) is 0 Å². The molecule has 0 spiro atoms. The van der Waals surface area contributed by atoms with Gasteiger partial charge < -0.3 is 13.7 Å². The maximum Gasteiger partial charge on any atom is 0.460 e. The van der Waals surface area contributed by atoms with Crippen LogP contribution < -0.4 is 4.18 Å². The molecule has 0 amide bonds. The lowest BCUT2D eigenvalue weighted by atomic mass is 10.1. The lowest BCUT2D eigenvalue weighted by Crippen LogP contribution is -2.63. The molecule has 0 fully saturated rings. The normalized spacial score (nSPS) is 13.4. The lowest BCUT2D eigenvalue weighted by molar-refractivity contribution is -0.382. The molecule has 0 saturated carbocycles. The van der Waals surface area contributed by atoms with Gasteiger partial charge >= 0.3 is 45.3 Å². The van der Waals surface area contributed by atoms with Crippen LogP contribution >= 0.6 is 0 Å². The van der Waals surface area contributed by atoms with E-state index < -0.39 is 62.2 Å². The average Bonchev–Trinajstić information content (AvgIpc) is 2.66. The molecular formula is C16H13F9O7S. The number of esters is 2. The third-order valence-electron chi connectivity index (χ3n) is 3.56. The summed E-state index contributed by atoms with van der Waals surface area (Å²) in [6.07, 6.45) is -7.27. The number of rotatable bonds is 9. The van der Waals surface area contributed by atoms with E-state index in [9.17, 15) is 57.5 Å². The number of alkyl halides is 9. The number of benzene rings is 1. The van der Waals surface area contributed by atoms with Gasteiger partial charge in [-0.05, 0) is 32.0 Å². The molecule has 1 aromatic carbocycles. The van der Waals surface area contributed by atoms with Crippen molar-refractivity contribution >= 4 is 22.1 Å². The number of halogens is 9. The molecule has 188 valence electrons. The first-order chi connectivity index (χ1) is 14.8. The molecule has 1 aromatic rings. The summed E-state index contributed by atoms with van der Waals surface area (Å²) in [5.74, 6) is -19.1. The van der Waals surface area contributed by atoms with Gasteiger partial charge in [0.25, 0.3) is 0 Å². The van der Waals surface area contributed by atoms with Gasteiger partial charge in [-0.3, -0.25) is 0 Å². The van der Waals surface area contributed by atoms with Gasteiger partial charge in [0.05, 0.1) is 24.3 Å². The van der Waals surface area contributed by atoms with Crippen LogP contribution in [0.1, 0.15) is 34.6 Å². The minimum absolute atomic E-state index is 0.272. The number of hydrogen-bond acceptors (Lipinski definition) is 7. The summed E-state index contributed by atoms with van der Waals surface area (Å²) in [5.41, 5.74) is -1.52. The fraction of sp³-hybridized carbons (Fsp3) is 0.500. The van der Waals surface area contributed by atoms with Crippen LogP contribution in [-0.2, 0) is 19.6 Å². The molecule has 1 rings (SSSR count). The molecule has 0 aliphatic heterocycles. The quantitative estimate of drug-likeness (QED) is 0.274. The zero-order chi connectivity index (χ0) is 26.0. The van der Waals surface area contributed by atoms with E-state index in [4.69, 9.17) is 0 Å². The summed E-state index contributed by atoms with van der Waals surface area (Å²) in [6, 6.07) is 1.24. The number of carbonyl (C=O) groups is 2. The Hall–Kier alpha value is -2.72. The maximum atomic E-state index is 13.8. The van der Waals surface area contributed by atoms with Crippen molar-refractivity contribution in [3.63, 3.8) is 0 Å². The SMILES string of the molecule is CCOC(=O)c1cc(OS(=O)(=O)C(F)(F)C(F)(F)C(F)(F)C(F)(F)F)cc(C(=O)OCC)c1. The largest absolute Gasteiger partial charge is 0.462 e. The van der Waals surface area contributed by atoms with Crippen LogP contribution in [-0.4, -0.2) is 56.8 Å². The standard InChI is InChI=1S/C16H13F9O7S/c1-3-30-11(26)8-5-9(12(27)31-4-2)7-10(6-8)32-33(28,29)16(24,25)14(19,20)13(17,18)15(21,22)23/h5-7H,3-4H2,1-2H3. The minimum Gasteiger partial charge on any atom is -0.462 e. The summed E-state index contributed by atoms with van der Waals surface area (Å²) in [7, 11) is -7.29. The second-order valence-corrected chi connectivity index (χ2v) is 7.48. The van der Waals surface area contributed by atoms with Gasteiger partial charge in [-0.2, -0.15) is 47.9 Å². The first kappa shape index (κ1) is 28.3. The Kier molecular flexibility index (Phi) is 7.95. The molecule has 17 heteroatoms. The Labute approximate surface area is 179 Å². The fourth-order valence-corrected chi connectivity index (χ4v) is 2.90. The second kappa shape index (κ2) is 9.26. The molecule has 0 atom stereocenters. The van der Waals surface area contributed by atoms with Crippen molar-refractivity contribution < 1.29 is 71.2 Å². The highest BCUT2D eigenvalue weighted by molar-refractivity contribution is 7.88. The van der Waals surface area contributed by atoms with E-state index in [0.717, 1.165) is 0 Å². The van der Waals surface area contributed by atoms with Gasteiger partial charge in [0.15, 0.2) is 0 Å². The van der Waals surface area contributed by atoms with E-state index in [1.165, 1.54) is 13.8 Å². The van der Waals surface area contributed by atoms with Gasteiger partial charge in [-0.15, -0.1) is 0 Å². The molecule has 0 aromatic heterocycles. The molecule has 0 bridgehead atoms. The fourth-order valence-electron chi connectivity index (χ4n) is 2.01. The Bertz CT molecular complexity index is 968. The molecule has 33 heavy (non-hydrogen) atoms. The number of hydrogen-bond donors (Lipinski definition) is 0. The Morgan fingerprint density at radius 2 is 1.15 bits per heavy atom. The van der Waals surface area contributed by atoms with E-state index in [1.54, 1.807) is 0 Å². The highest BCUT2D eigenvalue weighted by Crippen LogP contribution is 2.55. The van der Waals surface area contributed by atoms with E-state index in [-0.39, 0.29) is 25.3 Å². The molecule has 0 radical (unpaired) electrons. The molecule has 0 aliphatic rings. The van der Waals surface area contributed by atoms with Gasteiger partial charge in [0.2, 0.25) is 0 Å². The highest BCUT2D eigenvalue weighted by Gasteiger charge is 2.86. The van der Waals surface area contributed by atoms with Crippen LogP contribution in [0.25, 0.3) is 0 Å². The van der Waals surface area contributed by atoms with Crippen LogP contribution in [0.3, 0.4) is 0 Å². The third kappa shape index (κ3) is 5.27. The predicted octanol–water partition coefficient (Wildman–Crippen LogP) is 4.17. The predicted molar refractivity (Wildman–Crippen MR) is 88.8 cm³/mol. The maximum absolute atomic E-state index is 13.8. The summed E-state index contributed by atoms with van der Waals surface area (Å²) < 4.78 is 153. The molecule has 0 heterocycles. The molecular weight excluding hydrogens is 507 g/mol. The zero-order valence-electron chi connectivity index (χ0n) is 16.3. The third-order valence-corrected chi connectivity index (χ3v) is 4.86.